The number of amides is 1. The van der Waals surface area contributed by atoms with Crippen molar-refractivity contribution in [2.45, 2.75) is 52.0 Å². The predicted octanol–water partition coefficient (Wildman–Crippen LogP) is 2.01. The Morgan fingerprint density at radius 2 is 2.19 bits per heavy atom. The van der Waals surface area contributed by atoms with Crippen molar-refractivity contribution in [3.8, 4) is 0 Å². The molecule has 1 rings (SSSR count). The predicted molar refractivity (Wildman–Crippen MR) is 67.0 cm³/mol. The third kappa shape index (κ3) is 2.97. The summed E-state index contributed by atoms with van der Waals surface area (Å²) in [4.78, 5) is 14.2. The fourth-order valence-corrected chi connectivity index (χ4v) is 2.73. The Hall–Kier alpha value is -0.570. The van der Waals surface area contributed by atoms with E-state index in [1.165, 1.54) is 0 Å². The minimum atomic E-state index is 0.189. The highest BCUT2D eigenvalue weighted by Crippen LogP contribution is 2.32. The van der Waals surface area contributed by atoms with Gasteiger partial charge in [0.15, 0.2) is 0 Å². The van der Waals surface area contributed by atoms with Gasteiger partial charge in [-0.15, -0.1) is 0 Å². The number of hydrogen-bond donors (Lipinski definition) is 1. The number of hydrogen-bond acceptors (Lipinski definition) is 2. The van der Waals surface area contributed by atoms with E-state index >= 15 is 0 Å². The molecular weight excluding hydrogens is 200 g/mol. The maximum Gasteiger partial charge on any atom is 0.225 e. The van der Waals surface area contributed by atoms with Gasteiger partial charge in [-0.3, -0.25) is 4.79 Å². The van der Waals surface area contributed by atoms with Crippen molar-refractivity contribution in [1.82, 2.24) is 4.90 Å². The molecule has 1 amide bonds. The number of nitrogens with zero attached hydrogens (tertiary/aromatic N) is 1. The van der Waals surface area contributed by atoms with Crippen LogP contribution in [0.5, 0.6) is 0 Å². The summed E-state index contributed by atoms with van der Waals surface area (Å²) in [6.45, 7) is 4.95. The zero-order valence-electron chi connectivity index (χ0n) is 10.9. The SMILES string of the molecule is CCCC(C)N(C)C(=O)C1CCCC1CN. The molecule has 0 saturated heterocycles. The monoisotopic (exact) mass is 226 g/mol. The normalized spacial score (nSPS) is 26.8. The maximum atomic E-state index is 12.3. The first-order chi connectivity index (χ1) is 7.61. The van der Waals surface area contributed by atoms with Gasteiger partial charge in [0.25, 0.3) is 0 Å². The summed E-state index contributed by atoms with van der Waals surface area (Å²) in [6, 6.07) is 0.358. The van der Waals surface area contributed by atoms with Gasteiger partial charge in [0, 0.05) is 19.0 Å². The summed E-state index contributed by atoms with van der Waals surface area (Å²) in [5.41, 5.74) is 5.73. The van der Waals surface area contributed by atoms with Crippen LogP contribution in [-0.4, -0.2) is 30.4 Å². The van der Waals surface area contributed by atoms with Gasteiger partial charge in [0.05, 0.1) is 0 Å². The molecule has 1 aliphatic carbocycles. The van der Waals surface area contributed by atoms with Crippen LogP contribution in [0.4, 0.5) is 0 Å². The summed E-state index contributed by atoms with van der Waals surface area (Å²) in [5.74, 6) is 0.923. The molecule has 0 aromatic carbocycles. The molecule has 94 valence electrons. The number of rotatable bonds is 5. The third-order valence-corrected chi connectivity index (χ3v) is 3.99. The zero-order chi connectivity index (χ0) is 12.1. The number of nitrogens with two attached hydrogens (primary N) is 1. The summed E-state index contributed by atoms with van der Waals surface area (Å²) >= 11 is 0. The van der Waals surface area contributed by atoms with E-state index in [1.807, 2.05) is 11.9 Å². The number of carbonyl (C=O) groups excluding carboxylic acids is 1. The van der Waals surface area contributed by atoms with Crippen LogP contribution < -0.4 is 5.73 Å². The molecule has 0 aliphatic heterocycles. The van der Waals surface area contributed by atoms with E-state index in [0.717, 1.165) is 32.1 Å². The van der Waals surface area contributed by atoms with Gasteiger partial charge in [-0.2, -0.15) is 0 Å². The van der Waals surface area contributed by atoms with E-state index in [2.05, 4.69) is 13.8 Å². The van der Waals surface area contributed by atoms with E-state index in [1.54, 1.807) is 0 Å². The molecule has 3 nitrogen and oxygen atoms in total. The molecular formula is C13H26N2O. The Morgan fingerprint density at radius 1 is 1.50 bits per heavy atom. The minimum Gasteiger partial charge on any atom is -0.343 e. The highest BCUT2D eigenvalue weighted by atomic mass is 16.2. The lowest BCUT2D eigenvalue weighted by atomic mass is 9.94. The molecule has 0 spiro atoms. The lowest BCUT2D eigenvalue weighted by Gasteiger charge is -2.29. The maximum absolute atomic E-state index is 12.3. The summed E-state index contributed by atoms with van der Waals surface area (Å²) in [6.07, 6.45) is 5.53. The topological polar surface area (TPSA) is 46.3 Å². The van der Waals surface area contributed by atoms with E-state index in [0.29, 0.717) is 24.4 Å². The molecule has 0 bridgehead atoms. The van der Waals surface area contributed by atoms with E-state index in [9.17, 15) is 4.79 Å². The van der Waals surface area contributed by atoms with E-state index in [4.69, 9.17) is 5.73 Å². The van der Waals surface area contributed by atoms with Crippen molar-refractivity contribution in [2.24, 2.45) is 17.6 Å². The van der Waals surface area contributed by atoms with Gasteiger partial charge in [0.2, 0.25) is 5.91 Å². The molecule has 3 heteroatoms. The Morgan fingerprint density at radius 3 is 2.75 bits per heavy atom. The van der Waals surface area contributed by atoms with Gasteiger partial charge in [-0.05, 0) is 38.6 Å². The second-order valence-corrected chi connectivity index (χ2v) is 5.12. The van der Waals surface area contributed by atoms with Crippen molar-refractivity contribution in [2.75, 3.05) is 13.6 Å². The molecule has 3 unspecified atom stereocenters. The molecule has 0 aromatic rings. The molecule has 3 atom stereocenters. The summed E-state index contributed by atoms with van der Waals surface area (Å²) in [5, 5.41) is 0. The van der Waals surface area contributed by atoms with Gasteiger partial charge in [-0.25, -0.2) is 0 Å². The van der Waals surface area contributed by atoms with Crippen molar-refractivity contribution < 1.29 is 4.79 Å². The largest absolute Gasteiger partial charge is 0.343 e. The van der Waals surface area contributed by atoms with Crippen LogP contribution in [0.2, 0.25) is 0 Å². The van der Waals surface area contributed by atoms with Crippen LogP contribution in [-0.2, 0) is 4.79 Å². The quantitative estimate of drug-likeness (QED) is 0.779. The highest BCUT2D eigenvalue weighted by Gasteiger charge is 2.34. The van der Waals surface area contributed by atoms with E-state index < -0.39 is 0 Å². The van der Waals surface area contributed by atoms with Crippen LogP contribution in [0, 0.1) is 11.8 Å². The fraction of sp³-hybridized carbons (Fsp3) is 0.923. The highest BCUT2D eigenvalue weighted by molar-refractivity contribution is 5.79. The lowest BCUT2D eigenvalue weighted by molar-refractivity contribution is -0.137. The molecule has 0 aromatic heterocycles. The zero-order valence-corrected chi connectivity index (χ0v) is 10.9. The molecule has 2 N–H and O–H groups in total. The van der Waals surface area contributed by atoms with Crippen molar-refractivity contribution in [3.63, 3.8) is 0 Å². The first-order valence-electron chi connectivity index (χ1n) is 6.58. The Labute approximate surface area is 99.4 Å². The van der Waals surface area contributed by atoms with E-state index in [-0.39, 0.29) is 5.92 Å². The third-order valence-electron chi connectivity index (χ3n) is 3.99. The Balaban J connectivity index is 2.55. The number of carbonyl (C=O) groups is 1. The fourth-order valence-electron chi connectivity index (χ4n) is 2.73. The Kier molecular flexibility index (Phi) is 5.26. The Bertz CT molecular complexity index is 230. The molecule has 0 heterocycles. The van der Waals surface area contributed by atoms with Gasteiger partial charge < -0.3 is 10.6 Å². The van der Waals surface area contributed by atoms with Crippen molar-refractivity contribution >= 4 is 5.91 Å². The first kappa shape index (κ1) is 13.5. The lowest BCUT2D eigenvalue weighted by Crippen LogP contribution is -2.41. The molecule has 16 heavy (non-hydrogen) atoms. The summed E-state index contributed by atoms with van der Waals surface area (Å²) in [7, 11) is 1.94. The molecule has 1 fully saturated rings. The van der Waals surface area contributed by atoms with Crippen LogP contribution in [0.1, 0.15) is 46.0 Å². The molecule has 0 radical (unpaired) electrons. The molecule has 1 aliphatic rings. The minimum absolute atomic E-state index is 0.189. The van der Waals surface area contributed by atoms with Crippen LogP contribution in [0.15, 0.2) is 0 Å². The van der Waals surface area contributed by atoms with Crippen LogP contribution in [0.3, 0.4) is 0 Å². The summed E-state index contributed by atoms with van der Waals surface area (Å²) < 4.78 is 0. The van der Waals surface area contributed by atoms with Gasteiger partial charge in [0.1, 0.15) is 0 Å². The van der Waals surface area contributed by atoms with Crippen molar-refractivity contribution in [3.05, 3.63) is 0 Å². The standard InChI is InChI=1S/C13H26N2O/c1-4-6-10(2)15(3)13(16)12-8-5-7-11(12)9-14/h10-12H,4-9,14H2,1-3H3. The smallest absolute Gasteiger partial charge is 0.225 e. The van der Waals surface area contributed by atoms with Crippen molar-refractivity contribution in [1.29, 1.82) is 0 Å². The second-order valence-electron chi connectivity index (χ2n) is 5.12. The average molecular weight is 226 g/mol. The second kappa shape index (κ2) is 6.24. The average Bonchev–Trinajstić information content (AvgIpc) is 2.75. The first-order valence-corrected chi connectivity index (χ1v) is 6.58. The van der Waals surface area contributed by atoms with Gasteiger partial charge >= 0.3 is 0 Å². The van der Waals surface area contributed by atoms with Crippen LogP contribution >= 0.6 is 0 Å². The van der Waals surface area contributed by atoms with Crippen LogP contribution in [0.25, 0.3) is 0 Å². The van der Waals surface area contributed by atoms with Gasteiger partial charge in [-0.1, -0.05) is 19.8 Å². The molecule has 1 saturated carbocycles.